The fraction of sp³-hybridized carbons (Fsp3) is 0.211. The average Bonchev–Trinajstić information content (AvgIpc) is 3.92. The molecule has 0 aliphatic heterocycles. The van der Waals surface area contributed by atoms with Gasteiger partial charge >= 0.3 is 12.9 Å². The zero-order chi connectivity index (χ0) is 41.2. The van der Waals surface area contributed by atoms with Crippen LogP contribution in [-0.4, -0.2) is 68.5 Å². The van der Waals surface area contributed by atoms with Gasteiger partial charge in [-0.3, -0.25) is 8.61 Å². The Labute approximate surface area is 327 Å². The third-order valence-electron chi connectivity index (χ3n) is 8.05. The SMILES string of the molecule is C=CS(=O)(=O)N(Cc1ccc(-c2nnc(C(F)F)o2)cc1)c1ccccc1.CN(C)CCS(=O)(=O)N(Cc1ccc(-c2nnc(C(F)F)o2)cc1)c1ccccc1. The van der Waals surface area contributed by atoms with Gasteiger partial charge in [-0.1, -0.05) is 67.2 Å². The number of sulfonamides is 2. The molecule has 0 aliphatic carbocycles. The van der Waals surface area contributed by atoms with E-state index in [0.29, 0.717) is 34.6 Å². The second kappa shape index (κ2) is 18.8. The van der Waals surface area contributed by atoms with Gasteiger partial charge in [0.2, 0.25) is 21.8 Å². The molecular formula is C38H37F4N7O6S2. The number of aromatic nitrogens is 4. The molecular weight excluding hydrogens is 791 g/mol. The number of alkyl halides is 4. The minimum absolute atomic E-state index is 0.0182. The van der Waals surface area contributed by atoms with Gasteiger partial charge in [-0.15, -0.1) is 20.4 Å². The van der Waals surface area contributed by atoms with E-state index in [1.54, 1.807) is 103 Å². The first-order valence-electron chi connectivity index (χ1n) is 17.0. The van der Waals surface area contributed by atoms with Crippen LogP contribution in [0.4, 0.5) is 28.9 Å². The Morgan fingerprint density at radius 1 is 0.614 bits per heavy atom. The Hall–Kier alpha value is -5.92. The van der Waals surface area contributed by atoms with Gasteiger partial charge < -0.3 is 13.7 Å². The fourth-order valence-electron chi connectivity index (χ4n) is 5.08. The van der Waals surface area contributed by atoms with Crippen LogP contribution in [0.15, 0.2) is 130 Å². The average molecular weight is 828 g/mol. The van der Waals surface area contributed by atoms with E-state index in [0.717, 1.165) is 11.0 Å². The van der Waals surface area contributed by atoms with Gasteiger partial charge in [0.25, 0.3) is 21.8 Å². The molecule has 57 heavy (non-hydrogen) atoms. The second-order valence-corrected chi connectivity index (χ2v) is 16.2. The largest absolute Gasteiger partial charge is 0.415 e. The lowest BCUT2D eigenvalue weighted by Crippen LogP contribution is -2.35. The standard InChI is InChI=1S/C20H22F2N4O3S.C18H15F2N3O3S/c1-25(2)12-13-30(27,28)26(17-6-4-3-5-7-17)14-15-8-10-16(11-9-15)19-23-24-20(29-19)18(21)22;1-2-27(24,25)23(15-6-4-3-5-7-15)12-13-8-10-14(11-9-13)17-21-22-18(26-17)16(19)20/h3-11,18H,12-14H2,1-2H3;2-11,16H,1,12H2. The molecule has 0 spiro atoms. The summed E-state index contributed by atoms with van der Waals surface area (Å²) in [6, 6.07) is 30.7. The Morgan fingerprint density at radius 2 is 1.02 bits per heavy atom. The molecule has 0 amide bonds. The number of rotatable bonds is 16. The molecule has 0 bridgehead atoms. The predicted octanol–water partition coefficient (Wildman–Crippen LogP) is 7.73. The lowest BCUT2D eigenvalue weighted by molar-refractivity contribution is 0.115. The highest BCUT2D eigenvalue weighted by atomic mass is 32.2. The molecule has 0 radical (unpaired) electrons. The molecule has 0 fully saturated rings. The van der Waals surface area contributed by atoms with Crippen LogP contribution < -0.4 is 8.61 Å². The van der Waals surface area contributed by atoms with Crippen LogP contribution in [0.25, 0.3) is 22.9 Å². The summed E-state index contributed by atoms with van der Waals surface area (Å²) in [5.74, 6) is -1.56. The summed E-state index contributed by atoms with van der Waals surface area (Å²) in [6.45, 7) is 3.97. The van der Waals surface area contributed by atoms with Crippen LogP contribution in [0.5, 0.6) is 0 Å². The number of hydrogen-bond donors (Lipinski definition) is 0. The van der Waals surface area contributed by atoms with Crippen molar-refractivity contribution in [1.82, 2.24) is 25.3 Å². The number of benzene rings is 4. The van der Waals surface area contributed by atoms with Crippen molar-refractivity contribution in [3.63, 3.8) is 0 Å². The molecule has 4 aromatic carbocycles. The molecule has 6 rings (SSSR count). The van der Waals surface area contributed by atoms with Crippen LogP contribution >= 0.6 is 0 Å². The van der Waals surface area contributed by atoms with Crippen molar-refractivity contribution >= 4 is 31.4 Å². The number of hydrogen-bond acceptors (Lipinski definition) is 11. The van der Waals surface area contributed by atoms with E-state index in [1.807, 2.05) is 25.1 Å². The third-order valence-corrected chi connectivity index (χ3v) is 11.1. The maximum absolute atomic E-state index is 13.0. The third kappa shape index (κ3) is 11.3. The van der Waals surface area contributed by atoms with Crippen molar-refractivity contribution in [1.29, 1.82) is 0 Å². The maximum Gasteiger partial charge on any atom is 0.314 e. The molecule has 2 aromatic heterocycles. The van der Waals surface area contributed by atoms with Gasteiger partial charge in [-0.05, 0) is 73.8 Å². The minimum atomic E-state index is -3.71. The maximum atomic E-state index is 13.0. The van der Waals surface area contributed by atoms with E-state index < -0.39 is 44.7 Å². The van der Waals surface area contributed by atoms with Crippen LogP contribution in [0, 0.1) is 0 Å². The number of nitrogens with zero attached hydrogens (tertiary/aromatic N) is 7. The highest BCUT2D eigenvalue weighted by Gasteiger charge is 2.24. The summed E-state index contributed by atoms with van der Waals surface area (Å²) in [5.41, 5.74) is 3.40. The van der Waals surface area contributed by atoms with Crippen LogP contribution in [0.1, 0.15) is 35.8 Å². The van der Waals surface area contributed by atoms with Crippen LogP contribution in [0.2, 0.25) is 0 Å². The van der Waals surface area contributed by atoms with Crippen LogP contribution in [-0.2, 0) is 33.1 Å². The van der Waals surface area contributed by atoms with Gasteiger partial charge in [-0.2, -0.15) is 17.6 Å². The summed E-state index contributed by atoms with van der Waals surface area (Å²) in [7, 11) is -3.64. The van der Waals surface area contributed by atoms with Crippen molar-refractivity contribution in [2.24, 2.45) is 0 Å². The van der Waals surface area contributed by atoms with E-state index in [4.69, 9.17) is 8.83 Å². The van der Waals surface area contributed by atoms with Gasteiger partial charge in [0.1, 0.15) is 0 Å². The van der Waals surface area contributed by atoms with E-state index in [9.17, 15) is 34.4 Å². The van der Waals surface area contributed by atoms with Crippen LogP contribution in [0.3, 0.4) is 0 Å². The molecule has 0 unspecified atom stereocenters. The molecule has 0 N–H and O–H groups in total. The highest BCUT2D eigenvalue weighted by Crippen LogP contribution is 2.27. The van der Waals surface area contributed by atoms with Gasteiger partial charge in [-0.25, -0.2) is 16.8 Å². The molecule has 0 atom stereocenters. The fourth-order valence-corrected chi connectivity index (χ4v) is 7.61. The zero-order valence-electron chi connectivity index (χ0n) is 30.6. The normalized spacial score (nSPS) is 11.7. The first kappa shape index (κ1) is 42.2. The summed E-state index contributed by atoms with van der Waals surface area (Å²) < 4.78 is 113. The lowest BCUT2D eigenvalue weighted by atomic mass is 10.1. The zero-order valence-corrected chi connectivity index (χ0v) is 32.2. The molecule has 13 nitrogen and oxygen atoms in total. The molecule has 0 saturated carbocycles. The molecule has 19 heteroatoms. The smallest absolute Gasteiger partial charge is 0.314 e. The van der Waals surface area contributed by atoms with Gasteiger partial charge in [0, 0.05) is 23.1 Å². The van der Waals surface area contributed by atoms with Crippen molar-refractivity contribution in [2.45, 2.75) is 25.9 Å². The highest BCUT2D eigenvalue weighted by molar-refractivity contribution is 7.95. The number of anilines is 2. The van der Waals surface area contributed by atoms with Gasteiger partial charge in [0.15, 0.2) is 0 Å². The topological polar surface area (TPSA) is 156 Å². The molecule has 0 aliphatic rings. The van der Waals surface area contributed by atoms with E-state index in [1.165, 1.54) is 8.61 Å². The summed E-state index contributed by atoms with van der Waals surface area (Å²) in [4.78, 5) is 1.81. The van der Waals surface area contributed by atoms with E-state index in [-0.39, 0.29) is 30.6 Å². The molecule has 2 heterocycles. The first-order valence-corrected chi connectivity index (χ1v) is 20.1. The summed E-state index contributed by atoms with van der Waals surface area (Å²) in [6.07, 6.45) is -5.67. The molecule has 6 aromatic rings. The number of halogens is 4. The van der Waals surface area contributed by atoms with Crippen molar-refractivity contribution in [2.75, 3.05) is 35.0 Å². The Kier molecular flexibility index (Phi) is 13.9. The van der Waals surface area contributed by atoms with Gasteiger partial charge in [0.05, 0.1) is 30.2 Å². The predicted molar refractivity (Wildman–Crippen MR) is 206 cm³/mol. The van der Waals surface area contributed by atoms with Crippen molar-refractivity contribution in [3.8, 4) is 22.9 Å². The van der Waals surface area contributed by atoms with Crippen molar-refractivity contribution < 1.29 is 43.2 Å². The minimum Gasteiger partial charge on any atom is -0.415 e. The second-order valence-electron chi connectivity index (χ2n) is 12.4. The Morgan fingerprint density at radius 3 is 1.39 bits per heavy atom. The monoisotopic (exact) mass is 827 g/mol. The molecule has 0 saturated heterocycles. The first-order chi connectivity index (χ1) is 27.2. The summed E-state index contributed by atoms with van der Waals surface area (Å²) >= 11 is 0. The lowest BCUT2D eigenvalue weighted by Gasteiger charge is -2.25. The van der Waals surface area contributed by atoms with E-state index >= 15 is 0 Å². The quantitative estimate of drug-likeness (QED) is 0.0881. The Bertz CT molecular complexity index is 2420. The summed E-state index contributed by atoms with van der Waals surface area (Å²) in [5, 5.41) is 14.7. The van der Waals surface area contributed by atoms with E-state index in [2.05, 4.69) is 27.0 Å². The number of para-hydroxylation sites is 2. The van der Waals surface area contributed by atoms with Crippen molar-refractivity contribution in [3.05, 3.63) is 144 Å². The Balaban J connectivity index is 0.000000219. The molecule has 300 valence electrons.